The van der Waals surface area contributed by atoms with Gasteiger partial charge in [0.1, 0.15) is 0 Å². The van der Waals surface area contributed by atoms with Crippen LogP contribution >= 0.6 is 0 Å². The molecule has 3 unspecified atom stereocenters. The van der Waals surface area contributed by atoms with Crippen LogP contribution in [0.25, 0.3) is 0 Å². The van der Waals surface area contributed by atoms with Crippen LogP contribution in [0.4, 0.5) is 10.5 Å². The predicted octanol–water partition coefficient (Wildman–Crippen LogP) is 5.19. The average molecular weight is 431 g/mol. The molecule has 4 rings (SSSR count). The van der Waals surface area contributed by atoms with E-state index in [1.165, 1.54) is 44.2 Å². The number of hydrogen-bond donors (Lipinski definition) is 2. The minimum absolute atomic E-state index is 0.169. The fourth-order valence-corrected chi connectivity index (χ4v) is 5.38. The van der Waals surface area contributed by atoms with Crippen molar-refractivity contribution in [2.45, 2.75) is 51.0 Å². The zero-order valence-corrected chi connectivity index (χ0v) is 18.8. The molecule has 1 heterocycles. The summed E-state index contributed by atoms with van der Waals surface area (Å²) in [4.78, 5) is 15.3. The van der Waals surface area contributed by atoms with E-state index >= 15 is 0 Å². The summed E-state index contributed by atoms with van der Waals surface area (Å²) in [5, 5.41) is 15.2. The Morgan fingerprint density at radius 3 is 2.72 bits per heavy atom. The van der Waals surface area contributed by atoms with E-state index in [1.54, 1.807) is 18.2 Å². The molecule has 1 saturated heterocycles. The van der Waals surface area contributed by atoms with Crippen LogP contribution in [-0.2, 0) is 6.42 Å². The minimum atomic E-state index is -0.169. The molecule has 2 aromatic rings. The Hall–Kier alpha value is -2.84. The molecule has 1 saturated carbocycles. The fraction of sp³-hybridized carbons (Fsp3) is 0.481. The van der Waals surface area contributed by atoms with Crippen molar-refractivity contribution in [3.05, 3.63) is 65.7 Å². The number of nitriles is 1. The number of amides is 2. The van der Waals surface area contributed by atoms with Crippen molar-refractivity contribution in [3.63, 3.8) is 0 Å². The quantitative estimate of drug-likeness (QED) is 0.662. The average Bonchev–Trinajstić information content (AvgIpc) is 2.81. The molecule has 1 aliphatic heterocycles. The van der Waals surface area contributed by atoms with E-state index in [-0.39, 0.29) is 12.1 Å². The Labute approximate surface area is 191 Å². The molecule has 0 bridgehead atoms. The highest BCUT2D eigenvalue weighted by Crippen LogP contribution is 2.28. The first-order valence-electron chi connectivity index (χ1n) is 12.0. The maximum Gasteiger partial charge on any atom is 0.319 e. The van der Waals surface area contributed by atoms with Crippen LogP contribution in [0.1, 0.15) is 49.7 Å². The maximum atomic E-state index is 12.7. The number of anilines is 1. The number of carbonyl (C=O) groups is 1. The van der Waals surface area contributed by atoms with Gasteiger partial charge < -0.3 is 15.5 Å². The second-order valence-electron chi connectivity index (χ2n) is 9.40. The molecule has 5 nitrogen and oxygen atoms in total. The highest BCUT2D eigenvalue weighted by Gasteiger charge is 2.30. The maximum absolute atomic E-state index is 12.7. The van der Waals surface area contributed by atoms with E-state index in [1.807, 2.05) is 6.07 Å². The van der Waals surface area contributed by atoms with Gasteiger partial charge in [-0.05, 0) is 74.2 Å². The van der Waals surface area contributed by atoms with Gasteiger partial charge in [0.2, 0.25) is 0 Å². The molecule has 0 aromatic heterocycles. The monoisotopic (exact) mass is 430 g/mol. The van der Waals surface area contributed by atoms with Crippen LogP contribution in [0.15, 0.2) is 54.6 Å². The van der Waals surface area contributed by atoms with E-state index in [0.29, 0.717) is 17.2 Å². The Kier molecular flexibility index (Phi) is 7.79. The van der Waals surface area contributed by atoms with E-state index in [2.05, 4.69) is 51.9 Å². The van der Waals surface area contributed by atoms with E-state index in [4.69, 9.17) is 5.26 Å². The number of benzene rings is 2. The molecule has 2 fully saturated rings. The number of nitrogens with zero attached hydrogens (tertiary/aromatic N) is 2. The minimum Gasteiger partial charge on any atom is -0.335 e. The van der Waals surface area contributed by atoms with Crippen molar-refractivity contribution in [3.8, 4) is 6.07 Å². The highest BCUT2D eigenvalue weighted by atomic mass is 16.2. The van der Waals surface area contributed by atoms with Gasteiger partial charge in [-0.2, -0.15) is 5.26 Å². The van der Waals surface area contributed by atoms with Crippen LogP contribution in [0.5, 0.6) is 0 Å². The van der Waals surface area contributed by atoms with Crippen molar-refractivity contribution < 1.29 is 4.79 Å². The molecule has 2 aliphatic rings. The molecule has 1 aliphatic carbocycles. The highest BCUT2D eigenvalue weighted by molar-refractivity contribution is 5.89. The first kappa shape index (κ1) is 22.4. The topological polar surface area (TPSA) is 68.2 Å². The zero-order chi connectivity index (χ0) is 22.2. The molecular formula is C27H34N4O. The molecular weight excluding hydrogens is 396 g/mol. The Morgan fingerprint density at radius 1 is 1.03 bits per heavy atom. The Morgan fingerprint density at radius 2 is 1.88 bits per heavy atom. The number of urea groups is 1. The number of carbonyl (C=O) groups excluding carboxylic acids is 1. The van der Waals surface area contributed by atoms with Crippen molar-refractivity contribution in [1.82, 2.24) is 10.2 Å². The lowest BCUT2D eigenvalue weighted by molar-refractivity contribution is 0.123. The molecule has 3 atom stereocenters. The molecule has 0 radical (unpaired) electrons. The summed E-state index contributed by atoms with van der Waals surface area (Å²) in [6, 6.07) is 20.0. The third kappa shape index (κ3) is 6.34. The van der Waals surface area contributed by atoms with E-state index in [0.717, 1.165) is 31.8 Å². The smallest absolute Gasteiger partial charge is 0.319 e. The van der Waals surface area contributed by atoms with Crippen molar-refractivity contribution in [2.24, 2.45) is 11.8 Å². The summed E-state index contributed by atoms with van der Waals surface area (Å²) in [6.45, 7) is 3.40. The van der Waals surface area contributed by atoms with Crippen LogP contribution in [0.2, 0.25) is 0 Å². The van der Waals surface area contributed by atoms with Crippen LogP contribution in [-0.4, -0.2) is 36.6 Å². The van der Waals surface area contributed by atoms with Gasteiger partial charge in [-0.3, -0.25) is 0 Å². The fourth-order valence-electron chi connectivity index (χ4n) is 5.38. The van der Waals surface area contributed by atoms with Gasteiger partial charge in [-0.1, -0.05) is 49.2 Å². The third-order valence-electron chi connectivity index (χ3n) is 6.94. The number of rotatable bonds is 6. The van der Waals surface area contributed by atoms with Gasteiger partial charge in [0.15, 0.2) is 0 Å². The summed E-state index contributed by atoms with van der Waals surface area (Å²) in [7, 11) is 0. The molecule has 5 heteroatoms. The van der Waals surface area contributed by atoms with E-state index in [9.17, 15) is 4.79 Å². The second-order valence-corrected chi connectivity index (χ2v) is 9.40. The van der Waals surface area contributed by atoms with Crippen LogP contribution in [0.3, 0.4) is 0 Å². The van der Waals surface area contributed by atoms with Crippen molar-refractivity contribution in [2.75, 3.05) is 25.0 Å². The summed E-state index contributed by atoms with van der Waals surface area (Å²) in [5.41, 5.74) is 2.65. The second kappa shape index (κ2) is 11.2. The number of piperidine rings is 1. The van der Waals surface area contributed by atoms with Gasteiger partial charge in [0.25, 0.3) is 0 Å². The summed E-state index contributed by atoms with van der Waals surface area (Å²) in [5.74, 6) is 1.22. The van der Waals surface area contributed by atoms with Crippen LogP contribution in [0, 0.1) is 23.2 Å². The van der Waals surface area contributed by atoms with Crippen LogP contribution < -0.4 is 10.6 Å². The number of nitrogens with one attached hydrogen (secondary N) is 2. The molecule has 2 N–H and O–H groups in total. The van der Waals surface area contributed by atoms with Gasteiger partial charge >= 0.3 is 6.03 Å². The lowest BCUT2D eigenvalue weighted by Gasteiger charge is -2.39. The molecule has 0 spiro atoms. The van der Waals surface area contributed by atoms with Crippen molar-refractivity contribution in [1.29, 1.82) is 5.26 Å². The first-order chi connectivity index (χ1) is 15.7. The zero-order valence-electron chi connectivity index (χ0n) is 18.8. The van der Waals surface area contributed by atoms with Gasteiger partial charge in [0, 0.05) is 24.8 Å². The number of hydrogen-bond acceptors (Lipinski definition) is 3. The molecule has 168 valence electrons. The molecule has 2 amide bonds. The van der Waals surface area contributed by atoms with Crippen molar-refractivity contribution >= 4 is 11.7 Å². The first-order valence-corrected chi connectivity index (χ1v) is 12.0. The molecule has 32 heavy (non-hydrogen) atoms. The largest absolute Gasteiger partial charge is 0.335 e. The standard InChI is InChI=1S/C27H34N4O/c28-18-22-10-6-13-25(17-22)29-27(32)30-26-14-5-4-12-24(26)20-31-15-7-11-23(19-31)16-21-8-2-1-3-9-21/h1-3,6,8-10,13,17,23-24,26H,4-5,7,11-12,14-16,19-20H2,(H2,29,30,32). The summed E-state index contributed by atoms with van der Waals surface area (Å²) in [6.07, 6.45) is 8.36. The lowest BCUT2D eigenvalue weighted by Crippen LogP contribution is -2.49. The van der Waals surface area contributed by atoms with Gasteiger partial charge in [-0.25, -0.2) is 4.79 Å². The molecule has 2 aromatic carbocycles. The summed E-state index contributed by atoms with van der Waals surface area (Å²) >= 11 is 0. The summed E-state index contributed by atoms with van der Waals surface area (Å²) < 4.78 is 0. The van der Waals surface area contributed by atoms with E-state index < -0.39 is 0 Å². The Balaban J connectivity index is 1.30. The lowest BCUT2D eigenvalue weighted by atomic mass is 9.83. The normalized spacial score (nSPS) is 23.8. The Bertz CT molecular complexity index is 923. The van der Waals surface area contributed by atoms with Gasteiger partial charge in [-0.15, -0.1) is 0 Å². The number of likely N-dealkylation sites (tertiary alicyclic amines) is 1. The van der Waals surface area contributed by atoms with Gasteiger partial charge in [0.05, 0.1) is 11.6 Å². The predicted molar refractivity (Wildman–Crippen MR) is 128 cm³/mol. The SMILES string of the molecule is N#Cc1cccc(NC(=O)NC2CCCCC2CN2CCCC(Cc3ccccc3)C2)c1. The third-order valence-corrected chi connectivity index (χ3v) is 6.94.